The van der Waals surface area contributed by atoms with E-state index < -0.39 is 0 Å². The molecule has 62 valence electrons. The van der Waals surface area contributed by atoms with Crippen molar-refractivity contribution in [1.82, 2.24) is 0 Å². The van der Waals surface area contributed by atoms with Gasteiger partial charge in [-0.1, -0.05) is 6.08 Å². The smallest absolute Gasteiger partial charge is 0.335 e. The molecule has 0 aliphatic carbocycles. The van der Waals surface area contributed by atoms with E-state index in [1.54, 1.807) is 19.1 Å². The first-order valence-corrected chi connectivity index (χ1v) is 3.30. The van der Waals surface area contributed by atoms with Crippen LogP contribution in [0.4, 0.5) is 0 Å². The molecule has 0 unspecified atom stereocenters. The number of carbonyl (C=O) groups excluding carboxylic acids is 1. The summed E-state index contributed by atoms with van der Waals surface area (Å²) >= 11 is 0. The Bertz CT molecular complexity index is 204. The first-order chi connectivity index (χ1) is 5.13. The molecule has 0 rings (SSSR count). The molecule has 0 aliphatic heterocycles. The summed E-state index contributed by atoms with van der Waals surface area (Å²) in [7, 11) is 1.33. The average Bonchev–Trinajstić information content (AvgIpc) is 2.02. The van der Waals surface area contributed by atoms with Crippen molar-refractivity contribution in [3.63, 3.8) is 0 Å². The van der Waals surface area contributed by atoms with Crippen molar-refractivity contribution >= 4 is 5.97 Å². The van der Waals surface area contributed by atoms with E-state index in [1.807, 2.05) is 6.92 Å². The van der Waals surface area contributed by atoms with E-state index in [2.05, 4.69) is 4.74 Å². The van der Waals surface area contributed by atoms with E-state index in [4.69, 9.17) is 5.73 Å². The molecule has 0 spiro atoms. The summed E-state index contributed by atoms with van der Waals surface area (Å²) in [5, 5.41) is 0. The van der Waals surface area contributed by atoms with Crippen molar-refractivity contribution in [3.8, 4) is 0 Å². The molecule has 0 saturated heterocycles. The first kappa shape index (κ1) is 9.75. The van der Waals surface area contributed by atoms with Crippen LogP contribution in [0.2, 0.25) is 0 Å². The Morgan fingerprint density at radius 2 is 2.09 bits per heavy atom. The number of allylic oxidation sites excluding steroid dienone is 2. The van der Waals surface area contributed by atoms with Crippen molar-refractivity contribution in [2.75, 3.05) is 7.11 Å². The Kier molecular flexibility index (Phi) is 4.03. The number of carbonyl (C=O) groups is 1. The van der Waals surface area contributed by atoms with Gasteiger partial charge in [0.1, 0.15) is 0 Å². The summed E-state index contributed by atoms with van der Waals surface area (Å²) in [5.41, 5.74) is 6.38. The molecule has 0 aromatic carbocycles. The van der Waals surface area contributed by atoms with Gasteiger partial charge in [-0.3, -0.25) is 0 Å². The van der Waals surface area contributed by atoms with E-state index >= 15 is 0 Å². The minimum atomic E-state index is -0.388. The number of ether oxygens (including phenoxy) is 1. The second kappa shape index (κ2) is 4.55. The number of nitrogens with two attached hydrogens (primary N) is 1. The van der Waals surface area contributed by atoms with Gasteiger partial charge in [0, 0.05) is 5.70 Å². The lowest BCUT2D eigenvalue weighted by molar-refractivity contribution is -0.136. The van der Waals surface area contributed by atoms with Gasteiger partial charge in [-0.2, -0.15) is 0 Å². The number of hydrogen-bond acceptors (Lipinski definition) is 3. The number of methoxy groups -OCH3 is 1. The summed E-state index contributed by atoms with van der Waals surface area (Å²) in [5.74, 6) is -0.388. The Hall–Kier alpha value is -1.25. The van der Waals surface area contributed by atoms with Crippen LogP contribution in [0.15, 0.2) is 23.4 Å². The third-order valence-corrected chi connectivity index (χ3v) is 1.27. The first-order valence-electron chi connectivity index (χ1n) is 3.30. The molecular formula is C8H13NO2. The molecule has 0 aliphatic rings. The summed E-state index contributed by atoms with van der Waals surface area (Å²) in [4.78, 5) is 10.8. The van der Waals surface area contributed by atoms with Gasteiger partial charge in [0.15, 0.2) is 0 Å². The van der Waals surface area contributed by atoms with E-state index in [0.717, 1.165) is 0 Å². The van der Waals surface area contributed by atoms with Crippen molar-refractivity contribution in [3.05, 3.63) is 23.4 Å². The normalized spacial score (nSPS) is 13.0. The van der Waals surface area contributed by atoms with Crippen molar-refractivity contribution in [2.45, 2.75) is 13.8 Å². The van der Waals surface area contributed by atoms with E-state index in [1.165, 1.54) is 7.11 Å². The van der Waals surface area contributed by atoms with Crippen LogP contribution < -0.4 is 5.73 Å². The maximum Gasteiger partial charge on any atom is 0.335 e. The Morgan fingerprint density at radius 3 is 2.45 bits per heavy atom. The lowest BCUT2D eigenvalue weighted by Gasteiger charge is -2.00. The second-order valence-corrected chi connectivity index (χ2v) is 2.07. The van der Waals surface area contributed by atoms with Crippen LogP contribution in [0.5, 0.6) is 0 Å². The molecule has 0 saturated carbocycles. The Morgan fingerprint density at radius 1 is 1.55 bits per heavy atom. The summed E-state index contributed by atoms with van der Waals surface area (Å²) in [6.07, 6.45) is 3.42. The third kappa shape index (κ3) is 2.89. The zero-order chi connectivity index (χ0) is 8.85. The van der Waals surface area contributed by atoms with Crippen LogP contribution in [0.3, 0.4) is 0 Å². The molecule has 3 nitrogen and oxygen atoms in total. The molecule has 0 bridgehead atoms. The molecule has 0 atom stereocenters. The third-order valence-electron chi connectivity index (χ3n) is 1.27. The van der Waals surface area contributed by atoms with Gasteiger partial charge < -0.3 is 10.5 Å². The fourth-order valence-electron chi connectivity index (χ4n) is 0.576. The van der Waals surface area contributed by atoms with Crippen LogP contribution in [0.25, 0.3) is 0 Å². The molecule has 3 heteroatoms. The number of hydrogen-bond donors (Lipinski definition) is 1. The van der Waals surface area contributed by atoms with E-state index in [0.29, 0.717) is 11.3 Å². The van der Waals surface area contributed by atoms with Crippen LogP contribution in [0, 0.1) is 0 Å². The summed E-state index contributed by atoms with van der Waals surface area (Å²) < 4.78 is 4.47. The molecular weight excluding hydrogens is 142 g/mol. The number of rotatable bonds is 2. The highest BCUT2D eigenvalue weighted by molar-refractivity contribution is 5.88. The largest absolute Gasteiger partial charge is 0.466 e. The van der Waals surface area contributed by atoms with Crippen molar-refractivity contribution in [2.24, 2.45) is 5.73 Å². The highest BCUT2D eigenvalue weighted by Gasteiger charge is 2.05. The molecule has 0 heterocycles. The fraction of sp³-hybridized carbons (Fsp3) is 0.375. The summed E-state index contributed by atoms with van der Waals surface area (Å²) in [6, 6.07) is 0. The van der Waals surface area contributed by atoms with E-state index in [-0.39, 0.29) is 5.97 Å². The molecule has 2 N–H and O–H groups in total. The SMILES string of the molecule is C/C=C/C(N)=C(\C)C(=O)OC. The second-order valence-electron chi connectivity index (χ2n) is 2.07. The van der Waals surface area contributed by atoms with Gasteiger partial charge in [-0.15, -0.1) is 0 Å². The van der Waals surface area contributed by atoms with Gasteiger partial charge in [0.2, 0.25) is 0 Å². The highest BCUT2D eigenvalue weighted by Crippen LogP contribution is 2.00. The quantitative estimate of drug-likeness (QED) is 0.367. The maximum absolute atomic E-state index is 10.8. The lowest BCUT2D eigenvalue weighted by atomic mass is 10.2. The van der Waals surface area contributed by atoms with Gasteiger partial charge in [0.25, 0.3) is 0 Å². The van der Waals surface area contributed by atoms with Gasteiger partial charge in [0.05, 0.1) is 12.7 Å². The number of esters is 1. The van der Waals surface area contributed by atoms with Crippen LogP contribution >= 0.6 is 0 Å². The predicted octanol–water partition coefficient (Wildman–Crippen LogP) is 0.968. The predicted molar refractivity (Wildman–Crippen MR) is 43.7 cm³/mol. The minimum Gasteiger partial charge on any atom is -0.466 e. The zero-order valence-corrected chi connectivity index (χ0v) is 7.05. The summed E-state index contributed by atoms with van der Waals surface area (Å²) in [6.45, 7) is 3.46. The lowest BCUT2D eigenvalue weighted by Crippen LogP contribution is -2.08. The molecule has 0 fully saturated rings. The van der Waals surface area contributed by atoms with Crippen LogP contribution in [-0.4, -0.2) is 13.1 Å². The Labute approximate surface area is 66.5 Å². The standard InChI is InChI=1S/C8H13NO2/c1-4-5-7(9)6(2)8(10)11-3/h4-5H,9H2,1-3H3/b5-4+,7-6-. The Balaban J connectivity index is 4.51. The fourth-order valence-corrected chi connectivity index (χ4v) is 0.576. The zero-order valence-electron chi connectivity index (χ0n) is 7.05. The average molecular weight is 155 g/mol. The highest BCUT2D eigenvalue weighted by atomic mass is 16.5. The van der Waals surface area contributed by atoms with Crippen LogP contribution in [0.1, 0.15) is 13.8 Å². The van der Waals surface area contributed by atoms with Crippen LogP contribution in [-0.2, 0) is 9.53 Å². The minimum absolute atomic E-state index is 0.388. The van der Waals surface area contributed by atoms with E-state index in [9.17, 15) is 4.79 Å². The molecule has 0 aromatic rings. The van der Waals surface area contributed by atoms with Crippen molar-refractivity contribution in [1.29, 1.82) is 0 Å². The van der Waals surface area contributed by atoms with Gasteiger partial charge >= 0.3 is 5.97 Å². The maximum atomic E-state index is 10.8. The molecule has 0 radical (unpaired) electrons. The molecule has 0 aromatic heterocycles. The van der Waals surface area contributed by atoms with Gasteiger partial charge in [-0.05, 0) is 19.9 Å². The topological polar surface area (TPSA) is 52.3 Å². The molecule has 11 heavy (non-hydrogen) atoms. The van der Waals surface area contributed by atoms with Gasteiger partial charge in [-0.25, -0.2) is 4.79 Å². The molecule has 0 amide bonds. The van der Waals surface area contributed by atoms with Crippen molar-refractivity contribution < 1.29 is 9.53 Å². The monoisotopic (exact) mass is 155 g/mol.